The number of furan rings is 1. The van der Waals surface area contributed by atoms with Crippen LogP contribution in [-0.2, 0) is 0 Å². The Labute approximate surface area is 131 Å². The van der Waals surface area contributed by atoms with Crippen molar-refractivity contribution in [3.05, 3.63) is 34.5 Å². The highest BCUT2D eigenvalue weighted by molar-refractivity contribution is 9.10. The molecule has 1 unspecified atom stereocenters. The van der Waals surface area contributed by atoms with Gasteiger partial charge in [0.25, 0.3) is 5.91 Å². The van der Waals surface area contributed by atoms with Crippen LogP contribution in [0.2, 0.25) is 0 Å². The maximum atomic E-state index is 12.4. The van der Waals surface area contributed by atoms with Crippen LogP contribution in [0.4, 0.5) is 0 Å². The zero-order valence-corrected chi connectivity index (χ0v) is 13.2. The van der Waals surface area contributed by atoms with Gasteiger partial charge in [-0.15, -0.1) is 0 Å². The van der Waals surface area contributed by atoms with Crippen LogP contribution >= 0.6 is 15.9 Å². The highest BCUT2D eigenvalue weighted by Crippen LogP contribution is 2.28. The van der Waals surface area contributed by atoms with E-state index in [9.17, 15) is 4.79 Å². The Balaban J connectivity index is 1.53. The van der Waals surface area contributed by atoms with Crippen molar-refractivity contribution in [2.45, 2.75) is 18.9 Å². The number of nitrogens with zero attached hydrogens (tertiary/aromatic N) is 1. The lowest BCUT2D eigenvalue weighted by Gasteiger charge is -2.44. The van der Waals surface area contributed by atoms with Crippen LogP contribution in [-0.4, -0.2) is 36.5 Å². The normalized spacial score (nSPS) is 28.0. The minimum atomic E-state index is -0.0962. The standard InChI is InChI=1S/C16H17BrN2O2/c17-12-2-1-11-7-15(21-14(11)8-12)16(20)18-13-9-19-5-3-10(13)4-6-19/h1-2,7-8,10,13H,3-6,9H2,(H,18,20). The van der Waals surface area contributed by atoms with Crippen molar-refractivity contribution in [3.8, 4) is 0 Å². The number of fused-ring (bicyclic) bond motifs is 4. The fourth-order valence-electron chi connectivity index (χ4n) is 3.49. The summed E-state index contributed by atoms with van der Waals surface area (Å²) in [5.74, 6) is 0.929. The molecule has 2 aromatic rings. The number of rotatable bonds is 2. The zero-order chi connectivity index (χ0) is 14.4. The van der Waals surface area contributed by atoms with Crippen LogP contribution in [0.15, 0.2) is 33.2 Å². The van der Waals surface area contributed by atoms with E-state index in [-0.39, 0.29) is 11.9 Å². The van der Waals surface area contributed by atoms with E-state index in [4.69, 9.17) is 4.42 Å². The highest BCUT2D eigenvalue weighted by atomic mass is 79.9. The van der Waals surface area contributed by atoms with Crippen LogP contribution in [0.1, 0.15) is 23.4 Å². The summed E-state index contributed by atoms with van der Waals surface area (Å²) in [6.07, 6.45) is 2.38. The third kappa shape index (κ3) is 2.49. The van der Waals surface area contributed by atoms with Gasteiger partial charge in [-0.25, -0.2) is 0 Å². The Morgan fingerprint density at radius 2 is 2.10 bits per heavy atom. The van der Waals surface area contributed by atoms with E-state index in [2.05, 4.69) is 26.1 Å². The van der Waals surface area contributed by atoms with Gasteiger partial charge in [0.05, 0.1) is 0 Å². The van der Waals surface area contributed by atoms with Crippen LogP contribution in [0.5, 0.6) is 0 Å². The molecule has 3 aliphatic heterocycles. The van der Waals surface area contributed by atoms with Crippen molar-refractivity contribution in [1.82, 2.24) is 10.2 Å². The molecule has 21 heavy (non-hydrogen) atoms. The third-order valence-corrected chi connectivity index (χ3v) is 5.17. The van der Waals surface area contributed by atoms with Crippen molar-refractivity contribution in [3.63, 3.8) is 0 Å². The molecule has 1 N–H and O–H groups in total. The molecule has 4 nitrogen and oxygen atoms in total. The Morgan fingerprint density at radius 3 is 2.81 bits per heavy atom. The molecule has 3 fully saturated rings. The average Bonchev–Trinajstić information content (AvgIpc) is 2.91. The number of carbonyl (C=O) groups is 1. The van der Waals surface area contributed by atoms with E-state index >= 15 is 0 Å². The monoisotopic (exact) mass is 348 g/mol. The van der Waals surface area contributed by atoms with Gasteiger partial charge in [0.15, 0.2) is 5.76 Å². The van der Waals surface area contributed by atoms with Gasteiger partial charge < -0.3 is 14.6 Å². The molecule has 3 aliphatic rings. The molecule has 0 radical (unpaired) electrons. The summed E-state index contributed by atoms with van der Waals surface area (Å²) in [7, 11) is 0. The number of hydrogen-bond donors (Lipinski definition) is 1. The minimum Gasteiger partial charge on any atom is -0.451 e. The van der Waals surface area contributed by atoms with E-state index in [0.717, 1.165) is 22.0 Å². The van der Waals surface area contributed by atoms with Crippen LogP contribution in [0.25, 0.3) is 11.0 Å². The largest absolute Gasteiger partial charge is 0.451 e. The van der Waals surface area contributed by atoms with E-state index in [0.29, 0.717) is 11.7 Å². The topological polar surface area (TPSA) is 45.5 Å². The molecular formula is C16H17BrN2O2. The molecular weight excluding hydrogens is 332 g/mol. The van der Waals surface area contributed by atoms with Gasteiger partial charge >= 0.3 is 0 Å². The van der Waals surface area contributed by atoms with Crippen LogP contribution < -0.4 is 5.32 Å². The number of nitrogens with one attached hydrogen (secondary N) is 1. The van der Waals surface area contributed by atoms with Gasteiger partial charge in [0.1, 0.15) is 5.58 Å². The van der Waals surface area contributed by atoms with Crippen molar-refractivity contribution in [1.29, 1.82) is 0 Å². The quantitative estimate of drug-likeness (QED) is 0.907. The number of benzene rings is 1. The second kappa shape index (κ2) is 5.14. The summed E-state index contributed by atoms with van der Waals surface area (Å²) in [5, 5.41) is 4.11. The van der Waals surface area contributed by atoms with Gasteiger partial charge in [-0.2, -0.15) is 0 Å². The van der Waals surface area contributed by atoms with Crippen molar-refractivity contribution in [2.75, 3.05) is 19.6 Å². The number of halogens is 1. The fourth-order valence-corrected chi connectivity index (χ4v) is 3.83. The van der Waals surface area contributed by atoms with Gasteiger partial charge in [-0.1, -0.05) is 15.9 Å². The lowest BCUT2D eigenvalue weighted by Crippen LogP contribution is -2.57. The lowest BCUT2D eigenvalue weighted by atomic mass is 9.84. The molecule has 5 heteroatoms. The molecule has 3 saturated heterocycles. The molecule has 2 bridgehead atoms. The molecule has 1 aromatic heterocycles. The van der Waals surface area contributed by atoms with Gasteiger partial charge in [-0.05, 0) is 56.1 Å². The van der Waals surface area contributed by atoms with Gasteiger partial charge in [0.2, 0.25) is 0 Å². The number of carbonyl (C=O) groups excluding carboxylic acids is 1. The lowest BCUT2D eigenvalue weighted by molar-refractivity contribution is 0.0607. The molecule has 0 spiro atoms. The summed E-state index contributed by atoms with van der Waals surface area (Å²) in [6, 6.07) is 7.87. The van der Waals surface area contributed by atoms with E-state index in [1.807, 2.05) is 24.3 Å². The first kappa shape index (κ1) is 13.3. The fraction of sp³-hybridized carbons (Fsp3) is 0.438. The smallest absolute Gasteiger partial charge is 0.287 e. The van der Waals surface area contributed by atoms with E-state index < -0.39 is 0 Å². The molecule has 1 amide bonds. The van der Waals surface area contributed by atoms with E-state index in [1.54, 1.807) is 0 Å². The van der Waals surface area contributed by atoms with Crippen molar-refractivity contribution in [2.24, 2.45) is 5.92 Å². The number of hydrogen-bond acceptors (Lipinski definition) is 3. The average molecular weight is 349 g/mol. The summed E-state index contributed by atoms with van der Waals surface area (Å²) in [4.78, 5) is 14.8. The maximum Gasteiger partial charge on any atom is 0.287 e. The first-order valence-electron chi connectivity index (χ1n) is 7.41. The molecule has 110 valence electrons. The van der Waals surface area contributed by atoms with Crippen LogP contribution in [0, 0.1) is 5.92 Å². The Bertz CT molecular complexity index is 689. The number of amides is 1. The predicted molar refractivity (Wildman–Crippen MR) is 84.3 cm³/mol. The summed E-state index contributed by atoms with van der Waals surface area (Å²) >= 11 is 3.41. The molecule has 1 aromatic carbocycles. The number of piperidine rings is 3. The molecule has 0 saturated carbocycles. The van der Waals surface area contributed by atoms with E-state index in [1.165, 1.54) is 25.9 Å². The molecule has 5 rings (SSSR count). The Hall–Kier alpha value is -1.33. The zero-order valence-electron chi connectivity index (χ0n) is 11.6. The summed E-state index contributed by atoms with van der Waals surface area (Å²) in [5.41, 5.74) is 0.739. The first-order chi connectivity index (χ1) is 10.2. The minimum absolute atomic E-state index is 0.0962. The highest BCUT2D eigenvalue weighted by Gasteiger charge is 2.35. The SMILES string of the molecule is O=C(NC1CN2CCC1CC2)c1cc2ccc(Br)cc2o1. The van der Waals surface area contributed by atoms with Gasteiger partial charge in [-0.3, -0.25) is 4.79 Å². The third-order valence-electron chi connectivity index (χ3n) is 4.68. The summed E-state index contributed by atoms with van der Waals surface area (Å²) < 4.78 is 6.63. The second-order valence-electron chi connectivity index (χ2n) is 6.01. The molecule has 0 aliphatic carbocycles. The Kier molecular flexibility index (Phi) is 3.27. The summed E-state index contributed by atoms with van der Waals surface area (Å²) in [6.45, 7) is 3.33. The first-order valence-corrected chi connectivity index (χ1v) is 8.21. The molecule has 4 heterocycles. The van der Waals surface area contributed by atoms with Crippen molar-refractivity contribution < 1.29 is 9.21 Å². The second-order valence-corrected chi connectivity index (χ2v) is 6.93. The molecule has 1 atom stereocenters. The Morgan fingerprint density at radius 1 is 1.29 bits per heavy atom. The van der Waals surface area contributed by atoms with Gasteiger partial charge in [0, 0.05) is 22.4 Å². The predicted octanol–water partition coefficient (Wildman–Crippen LogP) is 3.02. The van der Waals surface area contributed by atoms with Crippen molar-refractivity contribution >= 4 is 32.8 Å². The maximum absolute atomic E-state index is 12.4. The van der Waals surface area contributed by atoms with Crippen LogP contribution in [0.3, 0.4) is 0 Å².